The van der Waals surface area contributed by atoms with Gasteiger partial charge in [-0.05, 0) is 18.6 Å². The highest BCUT2D eigenvalue weighted by molar-refractivity contribution is 7.96. The van der Waals surface area contributed by atoms with Crippen LogP contribution in [0.2, 0.25) is 0 Å². The summed E-state index contributed by atoms with van der Waals surface area (Å²) in [5.74, 6) is -0.0504. The van der Waals surface area contributed by atoms with Crippen molar-refractivity contribution in [1.82, 2.24) is 9.29 Å². The van der Waals surface area contributed by atoms with Gasteiger partial charge in [0.2, 0.25) is 0 Å². The minimum absolute atomic E-state index is 0.0504. The van der Waals surface area contributed by atoms with Crippen LogP contribution in [0.5, 0.6) is 0 Å². The van der Waals surface area contributed by atoms with Gasteiger partial charge in [0, 0.05) is 19.5 Å². The molecule has 3 nitrogen and oxygen atoms in total. The lowest BCUT2D eigenvalue weighted by molar-refractivity contribution is 0.0886. The van der Waals surface area contributed by atoms with Crippen molar-refractivity contribution < 1.29 is 4.79 Å². The predicted molar refractivity (Wildman–Crippen MR) is 54.6 cm³/mol. The van der Waals surface area contributed by atoms with E-state index in [0.29, 0.717) is 5.69 Å². The van der Waals surface area contributed by atoms with Gasteiger partial charge in [0.25, 0.3) is 5.91 Å². The van der Waals surface area contributed by atoms with E-state index in [1.165, 1.54) is 11.9 Å². The number of nitrogens with zero attached hydrogens (tertiary/aromatic N) is 2. The third-order valence-corrected chi connectivity index (χ3v) is 2.49. The van der Waals surface area contributed by atoms with Gasteiger partial charge >= 0.3 is 0 Å². The predicted octanol–water partition coefficient (Wildman–Crippen LogP) is 1.74. The van der Waals surface area contributed by atoms with Crippen molar-refractivity contribution in [1.29, 1.82) is 0 Å². The van der Waals surface area contributed by atoms with Gasteiger partial charge in [-0.2, -0.15) is 0 Å². The molecular weight excluding hydrogens is 184 g/mol. The first-order valence-electron chi connectivity index (χ1n) is 3.90. The minimum Gasteiger partial charge on any atom is -0.284 e. The van der Waals surface area contributed by atoms with E-state index < -0.39 is 0 Å². The van der Waals surface area contributed by atoms with Crippen LogP contribution in [0.3, 0.4) is 0 Å². The van der Waals surface area contributed by atoms with E-state index in [-0.39, 0.29) is 5.91 Å². The Morgan fingerprint density at radius 2 is 2.31 bits per heavy atom. The molecule has 0 aromatic carbocycles. The molecule has 0 radical (unpaired) electrons. The first kappa shape index (κ1) is 10.1. The summed E-state index contributed by atoms with van der Waals surface area (Å²) in [7, 11) is 1.74. The normalized spacial score (nSPS) is 9.77. The van der Waals surface area contributed by atoms with Crippen molar-refractivity contribution >= 4 is 17.9 Å². The number of pyridine rings is 1. The topological polar surface area (TPSA) is 33.2 Å². The number of hydrogen-bond donors (Lipinski definition) is 0. The average molecular weight is 196 g/mol. The molecule has 0 aliphatic carbocycles. The van der Waals surface area contributed by atoms with Crippen LogP contribution in [0.4, 0.5) is 0 Å². The van der Waals surface area contributed by atoms with E-state index in [2.05, 4.69) is 4.98 Å². The van der Waals surface area contributed by atoms with E-state index in [0.717, 1.165) is 5.56 Å². The second-order valence-electron chi connectivity index (χ2n) is 2.65. The summed E-state index contributed by atoms with van der Waals surface area (Å²) >= 11 is 1.38. The summed E-state index contributed by atoms with van der Waals surface area (Å²) in [4.78, 5) is 15.7. The molecule has 1 rings (SSSR count). The quantitative estimate of drug-likeness (QED) is 0.675. The maximum absolute atomic E-state index is 11.6. The van der Waals surface area contributed by atoms with Gasteiger partial charge in [0.05, 0.1) is 0 Å². The third-order valence-electron chi connectivity index (χ3n) is 1.77. The molecule has 1 aromatic rings. The van der Waals surface area contributed by atoms with E-state index >= 15 is 0 Å². The second-order valence-corrected chi connectivity index (χ2v) is 3.57. The molecule has 70 valence electrons. The summed E-state index contributed by atoms with van der Waals surface area (Å²) in [5.41, 5.74) is 1.44. The van der Waals surface area contributed by atoms with Gasteiger partial charge in [-0.15, -0.1) is 0 Å². The van der Waals surface area contributed by atoms with Crippen LogP contribution in [-0.4, -0.2) is 28.5 Å². The van der Waals surface area contributed by atoms with Crippen molar-refractivity contribution in [3.05, 3.63) is 29.6 Å². The van der Waals surface area contributed by atoms with Crippen molar-refractivity contribution in [2.24, 2.45) is 0 Å². The van der Waals surface area contributed by atoms with Gasteiger partial charge in [-0.1, -0.05) is 18.0 Å². The fraction of sp³-hybridized carbons (Fsp3) is 0.333. The fourth-order valence-corrected chi connectivity index (χ4v) is 1.19. The van der Waals surface area contributed by atoms with Crippen molar-refractivity contribution in [2.45, 2.75) is 6.92 Å². The lowest BCUT2D eigenvalue weighted by Crippen LogP contribution is -2.21. The summed E-state index contributed by atoms with van der Waals surface area (Å²) in [6, 6.07) is 3.71. The molecule has 0 saturated heterocycles. The molecule has 4 heteroatoms. The molecule has 0 atom stereocenters. The maximum atomic E-state index is 11.6. The van der Waals surface area contributed by atoms with Crippen LogP contribution in [0.1, 0.15) is 16.1 Å². The van der Waals surface area contributed by atoms with Gasteiger partial charge < -0.3 is 0 Å². The molecule has 0 N–H and O–H groups in total. The average Bonchev–Trinajstić information content (AvgIpc) is 2.16. The highest BCUT2D eigenvalue weighted by Gasteiger charge is 2.13. The largest absolute Gasteiger partial charge is 0.284 e. The first-order valence-corrected chi connectivity index (χ1v) is 5.08. The molecule has 13 heavy (non-hydrogen) atoms. The number of hydrogen-bond acceptors (Lipinski definition) is 3. The van der Waals surface area contributed by atoms with Crippen molar-refractivity contribution in [2.75, 3.05) is 13.3 Å². The zero-order chi connectivity index (χ0) is 9.84. The number of aryl methyl sites for hydroxylation is 1. The van der Waals surface area contributed by atoms with Gasteiger partial charge in [-0.3, -0.25) is 14.1 Å². The molecule has 0 aliphatic rings. The SMILES string of the molecule is CSN(C)C(=O)c1ncccc1C. The summed E-state index contributed by atoms with van der Waals surface area (Å²) < 4.78 is 1.56. The Labute approximate surface area is 82.3 Å². The number of aromatic nitrogens is 1. The Balaban J connectivity index is 2.95. The molecule has 0 unspecified atom stereocenters. The zero-order valence-corrected chi connectivity index (χ0v) is 8.76. The lowest BCUT2D eigenvalue weighted by atomic mass is 10.2. The van der Waals surface area contributed by atoms with E-state index in [1.54, 1.807) is 17.5 Å². The molecule has 0 saturated carbocycles. The Kier molecular flexibility index (Phi) is 3.31. The van der Waals surface area contributed by atoms with Crippen LogP contribution in [0.15, 0.2) is 18.3 Å². The van der Waals surface area contributed by atoms with Crippen LogP contribution in [0, 0.1) is 6.92 Å². The lowest BCUT2D eigenvalue weighted by Gasteiger charge is -2.13. The molecule has 0 bridgehead atoms. The highest BCUT2D eigenvalue weighted by Crippen LogP contribution is 2.10. The Morgan fingerprint density at radius 1 is 1.62 bits per heavy atom. The number of amides is 1. The van der Waals surface area contributed by atoms with E-state index in [1.807, 2.05) is 25.3 Å². The van der Waals surface area contributed by atoms with Crippen LogP contribution >= 0.6 is 11.9 Å². The standard InChI is InChI=1S/C9H12N2OS/c1-7-5-4-6-10-8(7)9(12)11(2)13-3/h4-6H,1-3H3. The molecule has 1 aromatic heterocycles. The van der Waals surface area contributed by atoms with Crippen LogP contribution < -0.4 is 0 Å². The van der Waals surface area contributed by atoms with Gasteiger partial charge in [0.1, 0.15) is 5.69 Å². The Morgan fingerprint density at radius 3 is 2.85 bits per heavy atom. The Bertz CT molecular complexity index is 314. The smallest absolute Gasteiger partial charge is 0.282 e. The molecular formula is C9H12N2OS. The number of carbonyl (C=O) groups excluding carboxylic acids is 1. The molecule has 0 fully saturated rings. The number of rotatable bonds is 2. The Hall–Kier alpha value is -1.03. The molecule has 0 spiro atoms. The van der Waals surface area contributed by atoms with E-state index in [9.17, 15) is 4.79 Å². The summed E-state index contributed by atoms with van der Waals surface area (Å²) in [6.45, 7) is 1.88. The van der Waals surface area contributed by atoms with Crippen molar-refractivity contribution in [3.8, 4) is 0 Å². The minimum atomic E-state index is -0.0504. The molecule has 1 heterocycles. The zero-order valence-electron chi connectivity index (χ0n) is 7.94. The van der Waals surface area contributed by atoms with Gasteiger partial charge in [-0.25, -0.2) is 0 Å². The molecule has 0 aliphatic heterocycles. The van der Waals surface area contributed by atoms with Crippen LogP contribution in [-0.2, 0) is 0 Å². The highest BCUT2D eigenvalue weighted by atomic mass is 32.2. The van der Waals surface area contributed by atoms with Gasteiger partial charge in [0.15, 0.2) is 0 Å². The van der Waals surface area contributed by atoms with Crippen molar-refractivity contribution in [3.63, 3.8) is 0 Å². The fourth-order valence-electron chi connectivity index (χ4n) is 0.942. The molecule has 1 amide bonds. The third kappa shape index (κ3) is 2.21. The number of carbonyl (C=O) groups is 1. The second kappa shape index (κ2) is 4.28. The van der Waals surface area contributed by atoms with E-state index in [4.69, 9.17) is 0 Å². The maximum Gasteiger partial charge on any atom is 0.282 e. The van der Waals surface area contributed by atoms with Crippen LogP contribution in [0.25, 0.3) is 0 Å². The monoisotopic (exact) mass is 196 g/mol. The summed E-state index contributed by atoms with van der Waals surface area (Å²) in [5, 5.41) is 0. The first-order chi connectivity index (χ1) is 6.16. The summed E-state index contributed by atoms with van der Waals surface area (Å²) in [6.07, 6.45) is 3.49.